The molecule has 0 amide bonds. The molecule has 68 valence electrons. The van der Waals surface area contributed by atoms with Gasteiger partial charge in [-0.25, -0.2) is 0 Å². The first-order valence-corrected chi connectivity index (χ1v) is 4.81. The van der Waals surface area contributed by atoms with E-state index in [0.717, 1.165) is 11.3 Å². The largest absolute Gasteiger partial charge is 0.754 e. The average Bonchev–Trinajstić information content (AvgIpc) is 2.44. The molecule has 1 atom stereocenters. The number of para-hydroxylation sites is 1. The van der Waals surface area contributed by atoms with Crippen molar-refractivity contribution in [2.45, 2.75) is 6.42 Å². The third-order valence-electron chi connectivity index (χ3n) is 1.84. The zero-order chi connectivity index (χ0) is 9.26. The highest BCUT2D eigenvalue weighted by Gasteiger charge is 2.14. The van der Waals surface area contributed by atoms with Gasteiger partial charge in [-0.2, -0.15) is 4.40 Å². The topological polar surface area (TPSA) is 64.5 Å². The summed E-state index contributed by atoms with van der Waals surface area (Å²) >= 11 is -2.37. The number of fused-ring (bicyclic) bond motifs is 1. The van der Waals surface area contributed by atoms with Gasteiger partial charge in [-0.05, 0) is 11.6 Å². The van der Waals surface area contributed by atoms with Crippen molar-refractivity contribution >= 4 is 22.8 Å². The van der Waals surface area contributed by atoms with Gasteiger partial charge in [0.2, 0.25) is 0 Å². The van der Waals surface area contributed by atoms with Crippen LogP contribution in [0.5, 0.6) is 0 Å². The maximum absolute atomic E-state index is 10.3. The number of amidine groups is 1. The van der Waals surface area contributed by atoms with E-state index in [1.54, 1.807) is 0 Å². The SMILES string of the molecule is O=S([O-])N=C1Cc2ccccc2N1. The molecular formula is C8H7N2O2S-. The van der Waals surface area contributed by atoms with Crippen molar-refractivity contribution in [2.75, 3.05) is 5.32 Å². The quantitative estimate of drug-likeness (QED) is 0.675. The van der Waals surface area contributed by atoms with Gasteiger partial charge < -0.3 is 9.87 Å². The van der Waals surface area contributed by atoms with Gasteiger partial charge in [-0.1, -0.05) is 18.2 Å². The Balaban J connectivity index is 2.28. The summed E-state index contributed by atoms with van der Waals surface area (Å²) in [4.78, 5) is 0. The number of anilines is 1. The van der Waals surface area contributed by atoms with Gasteiger partial charge >= 0.3 is 0 Å². The molecule has 0 spiro atoms. The minimum Gasteiger partial charge on any atom is -0.754 e. The summed E-state index contributed by atoms with van der Waals surface area (Å²) in [6.45, 7) is 0. The molecule has 0 aromatic heterocycles. The fourth-order valence-corrected chi connectivity index (χ4v) is 1.61. The lowest BCUT2D eigenvalue weighted by atomic mass is 10.2. The Morgan fingerprint density at radius 3 is 2.92 bits per heavy atom. The molecule has 1 N–H and O–H groups in total. The molecule has 0 saturated heterocycles. The highest BCUT2D eigenvalue weighted by molar-refractivity contribution is 7.77. The van der Waals surface area contributed by atoms with E-state index in [-0.39, 0.29) is 0 Å². The first-order chi connectivity index (χ1) is 6.25. The first-order valence-electron chi connectivity index (χ1n) is 3.77. The lowest BCUT2D eigenvalue weighted by Crippen LogP contribution is -2.07. The van der Waals surface area contributed by atoms with Gasteiger partial charge in [0.05, 0.1) is 11.3 Å². The second-order valence-electron chi connectivity index (χ2n) is 2.71. The van der Waals surface area contributed by atoms with E-state index in [0.29, 0.717) is 12.3 Å². The van der Waals surface area contributed by atoms with Gasteiger partial charge in [0.25, 0.3) is 0 Å². The van der Waals surface area contributed by atoms with Crippen molar-refractivity contribution in [3.63, 3.8) is 0 Å². The summed E-state index contributed by atoms with van der Waals surface area (Å²) in [5, 5.41) is 2.92. The van der Waals surface area contributed by atoms with Crippen LogP contribution in [0.3, 0.4) is 0 Å². The van der Waals surface area contributed by atoms with Gasteiger partial charge in [-0.15, -0.1) is 0 Å². The van der Waals surface area contributed by atoms with E-state index in [4.69, 9.17) is 0 Å². The predicted octanol–water partition coefficient (Wildman–Crippen LogP) is 0.847. The zero-order valence-electron chi connectivity index (χ0n) is 6.69. The van der Waals surface area contributed by atoms with Crippen LogP contribution in [0.15, 0.2) is 28.7 Å². The minimum atomic E-state index is -2.37. The summed E-state index contributed by atoms with van der Waals surface area (Å²) in [7, 11) is 0. The van der Waals surface area contributed by atoms with Crippen molar-refractivity contribution < 1.29 is 8.76 Å². The van der Waals surface area contributed by atoms with Crippen molar-refractivity contribution in [1.29, 1.82) is 0 Å². The maximum atomic E-state index is 10.3. The highest BCUT2D eigenvalue weighted by Crippen LogP contribution is 2.22. The normalized spacial score (nSPS) is 19.6. The van der Waals surface area contributed by atoms with E-state index >= 15 is 0 Å². The average molecular weight is 195 g/mol. The van der Waals surface area contributed by atoms with Crippen LogP contribution in [0.25, 0.3) is 0 Å². The number of hydrogen-bond donors (Lipinski definition) is 1. The van der Waals surface area contributed by atoms with Crippen LogP contribution in [-0.2, 0) is 17.7 Å². The van der Waals surface area contributed by atoms with Gasteiger partial charge in [0.15, 0.2) is 0 Å². The Kier molecular flexibility index (Phi) is 2.12. The molecule has 0 aliphatic carbocycles. The van der Waals surface area contributed by atoms with Crippen molar-refractivity contribution in [3.05, 3.63) is 29.8 Å². The molecule has 2 rings (SSSR count). The standard InChI is InChI=1S/C8H8N2O2S/c11-13(12)10-8-5-6-3-1-2-4-7(6)9-8/h1-4H,5H2,(H,9,10)(H,11,12)/p-1. The molecule has 13 heavy (non-hydrogen) atoms. The second-order valence-corrected chi connectivity index (χ2v) is 3.33. The monoisotopic (exact) mass is 195 g/mol. The molecule has 1 aliphatic rings. The summed E-state index contributed by atoms with van der Waals surface area (Å²) < 4.78 is 24.0. The fraction of sp³-hybridized carbons (Fsp3) is 0.125. The summed E-state index contributed by atoms with van der Waals surface area (Å²) in [6.07, 6.45) is 0.560. The summed E-state index contributed by atoms with van der Waals surface area (Å²) in [5.74, 6) is 0.481. The van der Waals surface area contributed by atoms with E-state index < -0.39 is 11.3 Å². The molecule has 1 aromatic carbocycles. The van der Waals surface area contributed by atoms with Crippen LogP contribution in [0.4, 0.5) is 5.69 Å². The molecule has 0 radical (unpaired) electrons. The highest BCUT2D eigenvalue weighted by atomic mass is 32.2. The van der Waals surface area contributed by atoms with Crippen LogP contribution < -0.4 is 5.32 Å². The molecule has 1 heterocycles. The maximum Gasteiger partial charge on any atom is 0.120 e. The molecule has 1 unspecified atom stereocenters. The Bertz CT molecular complexity index is 362. The lowest BCUT2D eigenvalue weighted by Gasteiger charge is -1.99. The number of rotatable bonds is 1. The third kappa shape index (κ3) is 1.76. The zero-order valence-corrected chi connectivity index (χ0v) is 7.50. The van der Waals surface area contributed by atoms with Gasteiger partial charge in [0, 0.05) is 12.1 Å². The second kappa shape index (κ2) is 3.27. The van der Waals surface area contributed by atoms with Crippen LogP contribution in [0.2, 0.25) is 0 Å². The molecule has 0 fully saturated rings. The van der Waals surface area contributed by atoms with E-state index in [2.05, 4.69) is 9.71 Å². The molecule has 1 aromatic rings. The van der Waals surface area contributed by atoms with Crippen LogP contribution in [-0.4, -0.2) is 14.6 Å². The van der Waals surface area contributed by atoms with Crippen molar-refractivity contribution in [3.8, 4) is 0 Å². The van der Waals surface area contributed by atoms with Gasteiger partial charge in [0.1, 0.15) is 5.84 Å². The van der Waals surface area contributed by atoms with Crippen LogP contribution in [0, 0.1) is 0 Å². The Labute approximate surface area is 78.1 Å². The summed E-state index contributed by atoms with van der Waals surface area (Å²) in [5.41, 5.74) is 2.01. The fourth-order valence-electron chi connectivity index (χ4n) is 1.32. The molecule has 5 heteroatoms. The number of nitrogens with zero attached hydrogens (tertiary/aromatic N) is 1. The van der Waals surface area contributed by atoms with Crippen molar-refractivity contribution in [2.24, 2.45) is 4.40 Å². The number of hydrogen-bond acceptors (Lipinski definition) is 2. The molecule has 4 nitrogen and oxygen atoms in total. The molecular weight excluding hydrogens is 188 g/mol. The minimum absolute atomic E-state index is 0.481. The molecule has 0 saturated carbocycles. The number of benzene rings is 1. The van der Waals surface area contributed by atoms with Gasteiger partial charge in [-0.3, -0.25) is 4.21 Å². The predicted molar refractivity (Wildman–Crippen MR) is 50.1 cm³/mol. The number of nitrogens with one attached hydrogen (secondary N) is 1. The Morgan fingerprint density at radius 1 is 1.46 bits per heavy atom. The Morgan fingerprint density at radius 2 is 2.23 bits per heavy atom. The van der Waals surface area contributed by atoms with E-state index in [1.807, 2.05) is 24.3 Å². The molecule has 0 bridgehead atoms. The lowest BCUT2D eigenvalue weighted by molar-refractivity contribution is 0.539. The van der Waals surface area contributed by atoms with E-state index in [1.165, 1.54) is 0 Å². The third-order valence-corrected chi connectivity index (χ3v) is 2.21. The Hall–Kier alpha value is -1.20. The summed E-state index contributed by atoms with van der Waals surface area (Å²) in [6, 6.07) is 7.64. The van der Waals surface area contributed by atoms with E-state index in [9.17, 15) is 8.76 Å². The van der Waals surface area contributed by atoms with Crippen LogP contribution in [0.1, 0.15) is 5.56 Å². The first kappa shape index (κ1) is 8.40. The smallest absolute Gasteiger partial charge is 0.120 e. The van der Waals surface area contributed by atoms with Crippen LogP contribution >= 0.6 is 0 Å². The molecule has 1 aliphatic heterocycles. The van der Waals surface area contributed by atoms with Crippen molar-refractivity contribution in [1.82, 2.24) is 0 Å².